The number of carbonyl (C=O) groups is 1. The van der Waals surface area contributed by atoms with Gasteiger partial charge in [0.25, 0.3) is 5.91 Å². The molecule has 1 aromatic carbocycles. The van der Waals surface area contributed by atoms with E-state index in [9.17, 15) is 13.6 Å². The topological polar surface area (TPSA) is 46.4 Å². The molecule has 0 aliphatic rings. The Morgan fingerprint density at radius 3 is 2.65 bits per heavy atom. The average molecular weight is 273 g/mol. The number of benzene rings is 1. The van der Waals surface area contributed by atoms with Gasteiger partial charge in [-0.25, -0.2) is 13.8 Å². The van der Waals surface area contributed by atoms with Crippen LogP contribution in [-0.2, 0) is 0 Å². The Hall–Kier alpha value is -2.76. The van der Waals surface area contributed by atoms with E-state index in [0.717, 1.165) is 12.1 Å². The number of imidazole rings is 1. The first-order chi connectivity index (χ1) is 9.65. The molecule has 2 heterocycles. The molecule has 0 spiro atoms. The van der Waals surface area contributed by atoms with Crippen LogP contribution in [0, 0.1) is 11.6 Å². The van der Waals surface area contributed by atoms with Crippen LogP contribution in [-0.4, -0.2) is 15.3 Å². The van der Waals surface area contributed by atoms with Crippen LogP contribution in [0.3, 0.4) is 0 Å². The summed E-state index contributed by atoms with van der Waals surface area (Å²) >= 11 is 0. The van der Waals surface area contributed by atoms with Crippen molar-refractivity contribution in [1.29, 1.82) is 0 Å². The van der Waals surface area contributed by atoms with Crippen LogP contribution < -0.4 is 5.32 Å². The van der Waals surface area contributed by atoms with Gasteiger partial charge in [-0.05, 0) is 24.3 Å². The van der Waals surface area contributed by atoms with Crippen LogP contribution in [0.2, 0.25) is 0 Å². The highest BCUT2D eigenvalue weighted by molar-refractivity contribution is 6.04. The van der Waals surface area contributed by atoms with Gasteiger partial charge >= 0.3 is 0 Å². The van der Waals surface area contributed by atoms with Gasteiger partial charge in [-0.1, -0.05) is 6.07 Å². The Morgan fingerprint density at radius 2 is 1.90 bits per heavy atom. The number of nitrogens with zero attached hydrogens (tertiary/aromatic N) is 2. The average Bonchev–Trinajstić information content (AvgIpc) is 2.90. The molecule has 0 atom stereocenters. The number of carbonyl (C=O) groups excluding carboxylic acids is 1. The fourth-order valence-electron chi connectivity index (χ4n) is 1.86. The lowest BCUT2D eigenvalue weighted by atomic mass is 10.2. The van der Waals surface area contributed by atoms with E-state index in [1.165, 1.54) is 18.3 Å². The van der Waals surface area contributed by atoms with Crippen molar-refractivity contribution in [3.05, 3.63) is 66.1 Å². The second kappa shape index (κ2) is 4.73. The Morgan fingerprint density at radius 1 is 1.15 bits per heavy atom. The maximum atomic E-state index is 13.5. The first-order valence-electron chi connectivity index (χ1n) is 5.83. The second-order valence-corrected chi connectivity index (χ2v) is 4.16. The number of para-hydroxylation sites is 1. The molecule has 0 radical (unpaired) electrons. The number of hydrogen-bond donors (Lipinski definition) is 1. The summed E-state index contributed by atoms with van der Waals surface area (Å²) in [6.45, 7) is 0. The molecule has 1 amide bonds. The molecule has 0 saturated carbocycles. The van der Waals surface area contributed by atoms with Gasteiger partial charge in [0.05, 0.1) is 5.56 Å². The van der Waals surface area contributed by atoms with Crippen molar-refractivity contribution in [2.24, 2.45) is 0 Å². The maximum Gasteiger partial charge on any atom is 0.257 e. The molecule has 100 valence electrons. The number of anilines is 1. The molecule has 1 N–H and O–H groups in total. The Balaban J connectivity index is 1.92. The zero-order valence-corrected chi connectivity index (χ0v) is 10.2. The summed E-state index contributed by atoms with van der Waals surface area (Å²) in [4.78, 5) is 16.0. The molecule has 0 fully saturated rings. The van der Waals surface area contributed by atoms with Crippen LogP contribution in [0.15, 0.2) is 48.9 Å². The molecule has 6 heteroatoms. The van der Waals surface area contributed by atoms with E-state index in [-0.39, 0.29) is 5.56 Å². The van der Waals surface area contributed by atoms with E-state index < -0.39 is 23.2 Å². The zero-order valence-electron chi connectivity index (χ0n) is 10.2. The highest BCUT2D eigenvalue weighted by Crippen LogP contribution is 2.19. The minimum absolute atomic E-state index is 0.276. The van der Waals surface area contributed by atoms with Gasteiger partial charge in [0.15, 0.2) is 0 Å². The minimum Gasteiger partial charge on any atom is -0.317 e. The summed E-state index contributed by atoms with van der Waals surface area (Å²) in [5.41, 5.74) is 0.500. The summed E-state index contributed by atoms with van der Waals surface area (Å²) in [6.07, 6.45) is 4.81. The number of aromatic nitrogens is 2. The van der Waals surface area contributed by atoms with Crippen molar-refractivity contribution < 1.29 is 13.6 Å². The molecule has 3 rings (SSSR count). The third-order valence-electron chi connectivity index (χ3n) is 2.85. The van der Waals surface area contributed by atoms with E-state index in [1.807, 2.05) is 0 Å². The smallest absolute Gasteiger partial charge is 0.257 e. The fourth-order valence-corrected chi connectivity index (χ4v) is 1.86. The standard InChI is InChI=1S/C14H9F2N3O/c15-10-2-1-3-11(16)13(10)18-14(20)9-4-5-12-17-6-7-19(12)8-9/h1-8H,(H,18,20). The monoisotopic (exact) mass is 273 g/mol. The molecule has 0 unspecified atom stereocenters. The molecule has 4 nitrogen and oxygen atoms in total. The van der Waals surface area contributed by atoms with Crippen molar-refractivity contribution in [3.8, 4) is 0 Å². The molecule has 3 aromatic rings. The van der Waals surface area contributed by atoms with Gasteiger partial charge in [0, 0.05) is 18.6 Å². The van der Waals surface area contributed by atoms with E-state index in [1.54, 1.807) is 22.9 Å². The molecule has 0 saturated heterocycles. The van der Waals surface area contributed by atoms with Gasteiger partial charge < -0.3 is 9.72 Å². The highest BCUT2D eigenvalue weighted by Gasteiger charge is 2.13. The predicted octanol–water partition coefficient (Wildman–Crippen LogP) is 2.86. The Kier molecular flexibility index (Phi) is 2.90. The van der Waals surface area contributed by atoms with E-state index >= 15 is 0 Å². The molecular formula is C14H9F2N3O. The maximum absolute atomic E-state index is 13.5. The highest BCUT2D eigenvalue weighted by atomic mass is 19.1. The quantitative estimate of drug-likeness (QED) is 0.780. The van der Waals surface area contributed by atoms with Crippen molar-refractivity contribution in [2.75, 3.05) is 5.32 Å². The summed E-state index contributed by atoms with van der Waals surface area (Å²) in [5, 5.41) is 2.23. The summed E-state index contributed by atoms with van der Waals surface area (Å²) in [5.74, 6) is -2.23. The lowest BCUT2D eigenvalue weighted by Crippen LogP contribution is -2.14. The first kappa shape index (κ1) is 12.3. The third kappa shape index (κ3) is 2.11. The van der Waals surface area contributed by atoms with Crippen molar-refractivity contribution in [2.45, 2.75) is 0 Å². The van der Waals surface area contributed by atoms with Crippen LogP contribution in [0.25, 0.3) is 5.65 Å². The fraction of sp³-hybridized carbons (Fsp3) is 0. The van der Waals surface area contributed by atoms with Crippen molar-refractivity contribution >= 4 is 17.2 Å². The Bertz CT molecular complexity index is 778. The first-order valence-corrected chi connectivity index (χ1v) is 5.83. The second-order valence-electron chi connectivity index (χ2n) is 4.16. The lowest BCUT2D eigenvalue weighted by molar-refractivity contribution is 0.102. The van der Waals surface area contributed by atoms with Crippen LogP contribution in [0.5, 0.6) is 0 Å². The van der Waals surface area contributed by atoms with Crippen LogP contribution >= 0.6 is 0 Å². The van der Waals surface area contributed by atoms with E-state index in [0.29, 0.717) is 5.65 Å². The molecule has 0 bridgehead atoms. The molecular weight excluding hydrogens is 264 g/mol. The van der Waals surface area contributed by atoms with Gasteiger partial charge in [-0.2, -0.15) is 0 Å². The number of halogens is 2. The van der Waals surface area contributed by atoms with E-state index in [2.05, 4.69) is 10.3 Å². The number of nitrogens with one attached hydrogen (secondary N) is 1. The summed E-state index contributed by atoms with van der Waals surface area (Å²) in [6, 6.07) is 6.58. The summed E-state index contributed by atoms with van der Waals surface area (Å²) < 4.78 is 28.6. The SMILES string of the molecule is O=C(Nc1c(F)cccc1F)c1ccc2nccn2c1. The lowest BCUT2D eigenvalue weighted by Gasteiger charge is -2.07. The summed E-state index contributed by atoms with van der Waals surface area (Å²) in [7, 11) is 0. The van der Waals surface area contributed by atoms with Gasteiger partial charge in [0.2, 0.25) is 0 Å². The predicted molar refractivity (Wildman–Crippen MR) is 69.5 cm³/mol. The van der Waals surface area contributed by atoms with Crippen LogP contribution in [0.4, 0.5) is 14.5 Å². The number of amides is 1. The van der Waals surface area contributed by atoms with Gasteiger partial charge in [-0.3, -0.25) is 4.79 Å². The third-order valence-corrected chi connectivity index (χ3v) is 2.85. The van der Waals surface area contributed by atoms with Gasteiger partial charge in [-0.15, -0.1) is 0 Å². The number of pyridine rings is 1. The Labute approximate surface area is 112 Å². The molecule has 20 heavy (non-hydrogen) atoms. The van der Waals surface area contributed by atoms with E-state index in [4.69, 9.17) is 0 Å². The largest absolute Gasteiger partial charge is 0.317 e. The minimum atomic E-state index is -0.818. The zero-order chi connectivity index (χ0) is 14.1. The van der Waals surface area contributed by atoms with Crippen molar-refractivity contribution in [3.63, 3.8) is 0 Å². The molecule has 0 aliphatic carbocycles. The molecule has 2 aromatic heterocycles. The number of fused-ring (bicyclic) bond motifs is 1. The molecule has 0 aliphatic heterocycles. The normalized spacial score (nSPS) is 10.7. The number of hydrogen-bond acceptors (Lipinski definition) is 2. The number of rotatable bonds is 2. The van der Waals surface area contributed by atoms with Gasteiger partial charge in [0.1, 0.15) is 23.0 Å². The van der Waals surface area contributed by atoms with Crippen LogP contribution in [0.1, 0.15) is 10.4 Å². The van der Waals surface area contributed by atoms with Crippen molar-refractivity contribution in [1.82, 2.24) is 9.38 Å².